The molecule has 2 aromatic rings. The molecule has 0 saturated carbocycles. The van der Waals surface area contributed by atoms with E-state index in [4.69, 9.17) is 0 Å². The molecule has 150 valence electrons. The molecule has 0 radical (unpaired) electrons. The Bertz CT molecular complexity index is 847. The molecule has 0 atom stereocenters. The van der Waals surface area contributed by atoms with Crippen molar-refractivity contribution in [2.75, 3.05) is 38.5 Å². The average molecular weight is 384 g/mol. The highest BCUT2D eigenvalue weighted by atomic mass is 16.2. The van der Waals surface area contributed by atoms with Gasteiger partial charge in [0.15, 0.2) is 0 Å². The van der Waals surface area contributed by atoms with Crippen molar-refractivity contribution in [3.63, 3.8) is 0 Å². The van der Waals surface area contributed by atoms with Gasteiger partial charge in [0.25, 0.3) is 5.91 Å². The number of rotatable bonds is 1. The first-order valence-corrected chi connectivity index (χ1v) is 9.67. The van der Waals surface area contributed by atoms with Crippen LogP contribution < -0.4 is 5.32 Å². The fourth-order valence-corrected chi connectivity index (χ4v) is 3.34. The number of nitrogens with one attached hydrogen (secondary N) is 1. The van der Waals surface area contributed by atoms with Crippen LogP contribution in [0.4, 0.5) is 5.82 Å². The Balaban J connectivity index is 1.80. The van der Waals surface area contributed by atoms with Gasteiger partial charge in [0.2, 0.25) is 5.91 Å². The highest BCUT2D eigenvalue weighted by Gasteiger charge is 2.23. The summed E-state index contributed by atoms with van der Waals surface area (Å²) in [6, 6.07) is 5.94. The van der Waals surface area contributed by atoms with Crippen LogP contribution in [-0.2, 0) is 18.3 Å². The molecule has 0 spiro atoms. The Kier molecular flexibility index (Phi) is 6.28. The van der Waals surface area contributed by atoms with Gasteiger partial charge in [0.1, 0.15) is 12.4 Å². The summed E-state index contributed by atoms with van der Waals surface area (Å²) >= 11 is 0. The van der Waals surface area contributed by atoms with E-state index in [1.807, 2.05) is 25.1 Å². The Morgan fingerprint density at radius 1 is 1.18 bits per heavy atom. The Labute approximate surface area is 165 Å². The Morgan fingerprint density at radius 2 is 2.00 bits per heavy atom. The lowest BCUT2D eigenvalue weighted by atomic mass is 10.1. The first-order chi connectivity index (χ1) is 13.4. The van der Waals surface area contributed by atoms with Gasteiger partial charge in [0, 0.05) is 45.6 Å². The summed E-state index contributed by atoms with van der Waals surface area (Å²) < 4.78 is 1.63. The summed E-state index contributed by atoms with van der Waals surface area (Å²) in [4.78, 5) is 33.7. The second-order valence-corrected chi connectivity index (χ2v) is 7.24. The molecule has 0 aromatic carbocycles. The highest BCUT2D eigenvalue weighted by Crippen LogP contribution is 2.13. The fourth-order valence-electron chi connectivity index (χ4n) is 3.34. The number of fused-ring (bicyclic) bond motifs is 2. The topological polar surface area (TPSA) is 83.4 Å². The maximum atomic E-state index is 13.1. The van der Waals surface area contributed by atoms with Crippen molar-refractivity contribution >= 4 is 17.6 Å². The van der Waals surface area contributed by atoms with Crippen molar-refractivity contribution in [1.82, 2.24) is 24.6 Å². The van der Waals surface area contributed by atoms with E-state index in [0.29, 0.717) is 24.3 Å². The zero-order valence-corrected chi connectivity index (χ0v) is 16.8. The first kappa shape index (κ1) is 19.9. The SMILES string of the molecule is Cc1nn(C)cc1C(=O)N1CCCc2cccc(n2)NCCCN(C)C(=O)C1. The minimum atomic E-state index is -0.150. The largest absolute Gasteiger partial charge is 0.370 e. The molecule has 1 aliphatic rings. The normalized spacial score (nSPS) is 16.5. The van der Waals surface area contributed by atoms with E-state index in [2.05, 4.69) is 15.4 Å². The predicted octanol–water partition coefficient (Wildman–Crippen LogP) is 1.47. The summed E-state index contributed by atoms with van der Waals surface area (Å²) in [7, 11) is 3.57. The quantitative estimate of drug-likeness (QED) is 0.805. The molecule has 0 aliphatic carbocycles. The van der Waals surface area contributed by atoms with Crippen LogP contribution in [0.1, 0.15) is 34.6 Å². The number of likely N-dealkylation sites (N-methyl/N-ethyl adjacent to an activating group) is 1. The molecule has 0 unspecified atom stereocenters. The van der Waals surface area contributed by atoms with Gasteiger partial charge in [-0.25, -0.2) is 4.98 Å². The molecule has 2 aromatic heterocycles. The second-order valence-electron chi connectivity index (χ2n) is 7.24. The smallest absolute Gasteiger partial charge is 0.257 e. The minimum Gasteiger partial charge on any atom is -0.370 e. The Morgan fingerprint density at radius 3 is 2.75 bits per heavy atom. The molecule has 2 amide bonds. The van der Waals surface area contributed by atoms with E-state index in [0.717, 1.165) is 37.3 Å². The average Bonchev–Trinajstić information content (AvgIpc) is 3.01. The lowest BCUT2D eigenvalue weighted by molar-refractivity contribution is -0.130. The summed E-state index contributed by atoms with van der Waals surface area (Å²) in [6.07, 6.45) is 4.01. The number of hydrogen-bond donors (Lipinski definition) is 1. The van der Waals surface area contributed by atoms with E-state index in [1.165, 1.54) is 0 Å². The van der Waals surface area contributed by atoms with Gasteiger partial charge in [-0.3, -0.25) is 14.3 Å². The molecule has 8 heteroatoms. The van der Waals surface area contributed by atoms with Gasteiger partial charge in [0.05, 0.1) is 11.3 Å². The fraction of sp³-hybridized carbons (Fsp3) is 0.500. The van der Waals surface area contributed by atoms with Gasteiger partial charge in [-0.1, -0.05) is 6.07 Å². The van der Waals surface area contributed by atoms with Crippen molar-refractivity contribution in [2.45, 2.75) is 26.2 Å². The van der Waals surface area contributed by atoms with Crippen LogP contribution in [0, 0.1) is 6.92 Å². The third-order valence-corrected chi connectivity index (χ3v) is 4.93. The third-order valence-electron chi connectivity index (χ3n) is 4.93. The van der Waals surface area contributed by atoms with Crippen molar-refractivity contribution < 1.29 is 9.59 Å². The maximum Gasteiger partial charge on any atom is 0.257 e. The number of nitrogens with zero attached hydrogens (tertiary/aromatic N) is 5. The van der Waals surface area contributed by atoms with Crippen molar-refractivity contribution in [3.05, 3.63) is 41.3 Å². The van der Waals surface area contributed by atoms with Gasteiger partial charge in [-0.2, -0.15) is 5.10 Å². The van der Waals surface area contributed by atoms with Gasteiger partial charge in [-0.05, 0) is 38.3 Å². The maximum absolute atomic E-state index is 13.1. The van der Waals surface area contributed by atoms with Crippen molar-refractivity contribution in [1.29, 1.82) is 0 Å². The second kappa shape index (κ2) is 8.86. The molecule has 3 heterocycles. The van der Waals surface area contributed by atoms with Gasteiger partial charge in [-0.15, -0.1) is 0 Å². The number of anilines is 1. The van der Waals surface area contributed by atoms with Crippen LogP contribution in [0.15, 0.2) is 24.4 Å². The zero-order valence-electron chi connectivity index (χ0n) is 16.8. The van der Waals surface area contributed by atoms with Crippen LogP contribution in [0.5, 0.6) is 0 Å². The number of aryl methyl sites for hydroxylation is 3. The molecule has 28 heavy (non-hydrogen) atoms. The summed E-state index contributed by atoms with van der Waals surface area (Å²) in [5, 5.41) is 7.57. The Hall–Kier alpha value is -2.90. The van der Waals surface area contributed by atoms with Crippen LogP contribution in [0.25, 0.3) is 0 Å². The summed E-state index contributed by atoms with van der Waals surface area (Å²) in [6.45, 7) is 3.75. The van der Waals surface area contributed by atoms with Gasteiger partial charge >= 0.3 is 0 Å². The number of carbonyl (C=O) groups excluding carboxylic acids is 2. The van der Waals surface area contributed by atoms with E-state index in [-0.39, 0.29) is 18.4 Å². The molecule has 3 rings (SSSR count). The molecule has 2 bridgehead atoms. The zero-order chi connectivity index (χ0) is 20.1. The predicted molar refractivity (Wildman–Crippen MR) is 107 cm³/mol. The molecule has 8 nitrogen and oxygen atoms in total. The molecular formula is C20H28N6O2. The van der Waals surface area contributed by atoms with E-state index >= 15 is 0 Å². The number of carbonyl (C=O) groups is 2. The van der Waals surface area contributed by atoms with E-state index < -0.39 is 0 Å². The third kappa shape index (κ3) is 4.88. The first-order valence-electron chi connectivity index (χ1n) is 9.67. The summed E-state index contributed by atoms with van der Waals surface area (Å²) in [5.74, 6) is 0.647. The number of hydrogen-bond acceptors (Lipinski definition) is 5. The van der Waals surface area contributed by atoms with Crippen LogP contribution in [0.3, 0.4) is 0 Å². The number of aromatic nitrogens is 3. The van der Waals surface area contributed by atoms with Crippen molar-refractivity contribution in [3.8, 4) is 0 Å². The molecule has 1 aliphatic heterocycles. The van der Waals surface area contributed by atoms with Crippen LogP contribution >= 0.6 is 0 Å². The molecular weight excluding hydrogens is 356 g/mol. The molecule has 1 N–H and O–H groups in total. The summed E-state index contributed by atoms with van der Waals surface area (Å²) in [5.41, 5.74) is 2.20. The van der Waals surface area contributed by atoms with E-state index in [1.54, 1.807) is 34.8 Å². The van der Waals surface area contributed by atoms with Gasteiger partial charge < -0.3 is 15.1 Å². The monoisotopic (exact) mass is 384 g/mol. The lowest BCUT2D eigenvalue weighted by Gasteiger charge is -2.26. The number of amides is 2. The molecule has 0 saturated heterocycles. The minimum absolute atomic E-state index is 0.0522. The molecule has 0 fully saturated rings. The van der Waals surface area contributed by atoms with E-state index in [9.17, 15) is 9.59 Å². The highest BCUT2D eigenvalue weighted by molar-refractivity contribution is 5.97. The van der Waals surface area contributed by atoms with Crippen molar-refractivity contribution in [2.24, 2.45) is 7.05 Å². The van der Waals surface area contributed by atoms with Crippen LogP contribution in [-0.4, -0.2) is 69.6 Å². The van der Waals surface area contributed by atoms with Crippen LogP contribution in [0.2, 0.25) is 0 Å². The standard InChI is InChI=1S/C20H28N6O2/c1-15-17(13-25(3)23-15)20(28)26-12-5-8-16-7-4-9-18(22-16)21-10-6-11-24(2)19(27)14-26/h4,7,9,13H,5-6,8,10-12,14H2,1-3H3,(H,21,22). The lowest BCUT2D eigenvalue weighted by Crippen LogP contribution is -2.42. The number of pyridine rings is 1.